The van der Waals surface area contributed by atoms with E-state index in [9.17, 15) is 8.78 Å². The Morgan fingerprint density at radius 3 is 2.90 bits per heavy atom. The second-order valence-electron chi connectivity index (χ2n) is 4.67. The second kappa shape index (κ2) is 5.29. The lowest BCUT2D eigenvalue weighted by molar-refractivity contribution is 0.246. The fourth-order valence-electron chi connectivity index (χ4n) is 2.29. The quantitative estimate of drug-likeness (QED) is 0.923. The Balaban J connectivity index is 1.67. The lowest BCUT2D eigenvalue weighted by Crippen LogP contribution is -2.24. The third kappa shape index (κ3) is 2.56. The number of hydrogen-bond acceptors (Lipinski definition) is 2. The van der Waals surface area contributed by atoms with Crippen molar-refractivity contribution in [1.82, 2.24) is 0 Å². The summed E-state index contributed by atoms with van der Waals surface area (Å²) in [6.45, 7) is 0.400. The fraction of sp³-hybridized carbons (Fsp3) is 0.200. The third-order valence-corrected chi connectivity index (χ3v) is 3.55. The zero-order chi connectivity index (χ0) is 14.1. The SMILES string of the molecule is Fc1ccc2c(c1)CC(CNc1c(F)cccc1Cl)O2. The van der Waals surface area contributed by atoms with Crippen molar-refractivity contribution in [3.05, 3.63) is 58.6 Å². The number of ether oxygens (including phenoxy) is 1. The number of nitrogens with one attached hydrogen (secondary N) is 1. The van der Waals surface area contributed by atoms with E-state index < -0.39 is 5.82 Å². The number of anilines is 1. The van der Waals surface area contributed by atoms with Gasteiger partial charge in [-0.1, -0.05) is 17.7 Å². The Kier molecular flexibility index (Phi) is 3.49. The zero-order valence-corrected chi connectivity index (χ0v) is 11.3. The number of hydrogen-bond donors (Lipinski definition) is 1. The van der Waals surface area contributed by atoms with Gasteiger partial charge in [0.2, 0.25) is 0 Å². The van der Waals surface area contributed by atoms with Gasteiger partial charge < -0.3 is 10.1 Å². The molecule has 1 aliphatic rings. The van der Waals surface area contributed by atoms with Crippen molar-refractivity contribution in [3.63, 3.8) is 0 Å². The van der Waals surface area contributed by atoms with E-state index in [0.29, 0.717) is 23.7 Å². The molecule has 0 spiro atoms. The third-order valence-electron chi connectivity index (χ3n) is 3.23. The highest BCUT2D eigenvalue weighted by molar-refractivity contribution is 6.33. The van der Waals surface area contributed by atoms with Gasteiger partial charge in [-0.3, -0.25) is 0 Å². The van der Waals surface area contributed by atoms with Crippen LogP contribution in [0.2, 0.25) is 5.02 Å². The molecule has 1 unspecified atom stereocenters. The van der Waals surface area contributed by atoms with Crippen LogP contribution in [0.15, 0.2) is 36.4 Å². The molecule has 1 atom stereocenters. The molecule has 5 heteroatoms. The molecule has 1 heterocycles. The van der Waals surface area contributed by atoms with Crippen LogP contribution >= 0.6 is 11.6 Å². The summed E-state index contributed by atoms with van der Waals surface area (Å²) in [7, 11) is 0. The van der Waals surface area contributed by atoms with Crippen LogP contribution in [-0.2, 0) is 6.42 Å². The molecular formula is C15H12ClF2NO. The molecule has 0 amide bonds. The summed E-state index contributed by atoms with van der Waals surface area (Å²) < 4.78 is 32.4. The zero-order valence-electron chi connectivity index (χ0n) is 10.5. The lowest BCUT2D eigenvalue weighted by atomic mass is 10.1. The van der Waals surface area contributed by atoms with Gasteiger partial charge >= 0.3 is 0 Å². The molecule has 0 saturated heterocycles. The highest BCUT2D eigenvalue weighted by Crippen LogP contribution is 2.30. The normalized spacial score (nSPS) is 16.6. The average Bonchev–Trinajstić information content (AvgIpc) is 2.80. The Hall–Kier alpha value is -1.81. The Bertz CT molecular complexity index is 628. The van der Waals surface area contributed by atoms with Crippen LogP contribution in [0.1, 0.15) is 5.56 Å². The molecule has 1 N–H and O–H groups in total. The standard InChI is InChI=1S/C15H12ClF2NO/c16-12-2-1-3-13(18)15(12)19-8-11-7-9-6-10(17)4-5-14(9)20-11/h1-6,11,19H,7-8H2. The summed E-state index contributed by atoms with van der Waals surface area (Å²) in [6, 6.07) is 8.95. The number of rotatable bonds is 3. The van der Waals surface area contributed by atoms with Crippen molar-refractivity contribution in [1.29, 1.82) is 0 Å². The van der Waals surface area contributed by atoms with Gasteiger partial charge in [0.05, 0.1) is 17.3 Å². The first-order valence-corrected chi connectivity index (χ1v) is 6.64. The van der Waals surface area contributed by atoms with Gasteiger partial charge in [0.1, 0.15) is 23.5 Å². The largest absolute Gasteiger partial charge is 0.488 e. The molecule has 0 aromatic heterocycles. The number of para-hydroxylation sites is 1. The molecule has 3 rings (SSSR count). The van der Waals surface area contributed by atoms with E-state index in [1.807, 2.05) is 0 Å². The maximum Gasteiger partial charge on any atom is 0.147 e. The monoisotopic (exact) mass is 295 g/mol. The summed E-state index contributed by atoms with van der Waals surface area (Å²) in [5.74, 6) is -0.00464. The molecule has 104 valence electrons. The Morgan fingerprint density at radius 2 is 2.10 bits per heavy atom. The van der Waals surface area contributed by atoms with E-state index in [-0.39, 0.29) is 17.6 Å². The fourth-order valence-corrected chi connectivity index (χ4v) is 2.52. The molecular weight excluding hydrogens is 284 g/mol. The van der Waals surface area contributed by atoms with Gasteiger partial charge in [0.15, 0.2) is 0 Å². The van der Waals surface area contributed by atoms with Crippen LogP contribution in [0.25, 0.3) is 0 Å². The van der Waals surface area contributed by atoms with Gasteiger partial charge in [-0.15, -0.1) is 0 Å². The minimum atomic E-state index is -0.404. The van der Waals surface area contributed by atoms with Gasteiger partial charge in [-0.05, 0) is 30.3 Å². The Morgan fingerprint density at radius 1 is 1.25 bits per heavy atom. The summed E-state index contributed by atoms with van der Waals surface area (Å²) in [5, 5.41) is 3.27. The summed E-state index contributed by atoms with van der Waals surface area (Å²) in [4.78, 5) is 0. The summed E-state index contributed by atoms with van der Waals surface area (Å²) in [5.41, 5.74) is 1.09. The highest BCUT2D eigenvalue weighted by atomic mass is 35.5. The molecule has 0 radical (unpaired) electrons. The van der Waals surface area contributed by atoms with Gasteiger partial charge in [-0.25, -0.2) is 8.78 Å². The van der Waals surface area contributed by atoms with Crippen molar-refractivity contribution in [3.8, 4) is 5.75 Å². The topological polar surface area (TPSA) is 21.3 Å². The summed E-state index contributed by atoms with van der Waals surface area (Å²) in [6.07, 6.45) is 0.425. The van der Waals surface area contributed by atoms with Gasteiger partial charge in [-0.2, -0.15) is 0 Å². The van der Waals surface area contributed by atoms with Crippen molar-refractivity contribution >= 4 is 17.3 Å². The highest BCUT2D eigenvalue weighted by Gasteiger charge is 2.23. The van der Waals surface area contributed by atoms with Gasteiger partial charge in [0, 0.05) is 12.0 Å². The molecule has 0 bridgehead atoms. The van der Waals surface area contributed by atoms with E-state index in [1.54, 1.807) is 18.2 Å². The molecule has 1 aliphatic heterocycles. The average molecular weight is 296 g/mol. The van der Waals surface area contributed by atoms with Crippen LogP contribution in [0, 0.1) is 11.6 Å². The van der Waals surface area contributed by atoms with E-state index in [0.717, 1.165) is 5.56 Å². The molecule has 2 aromatic rings. The van der Waals surface area contributed by atoms with Crippen molar-refractivity contribution in [2.24, 2.45) is 0 Å². The van der Waals surface area contributed by atoms with Crippen LogP contribution in [-0.4, -0.2) is 12.6 Å². The number of benzene rings is 2. The minimum Gasteiger partial charge on any atom is -0.488 e. The first kappa shape index (κ1) is 13.2. The molecule has 2 nitrogen and oxygen atoms in total. The van der Waals surface area contributed by atoms with Crippen molar-refractivity contribution in [2.75, 3.05) is 11.9 Å². The molecule has 0 aliphatic carbocycles. The number of halogens is 3. The van der Waals surface area contributed by atoms with Crippen molar-refractivity contribution in [2.45, 2.75) is 12.5 Å². The van der Waals surface area contributed by atoms with Crippen LogP contribution in [0.5, 0.6) is 5.75 Å². The van der Waals surface area contributed by atoms with E-state index in [4.69, 9.17) is 16.3 Å². The lowest BCUT2D eigenvalue weighted by Gasteiger charge is -2.14. The van der Waals surface area contributed by atoms with E-state index in [1.165, 1.54) is 18.2 Å². The van der Waals surface area contributed by atoms with E-state index in [2.05, 4.69) is 5.32 Å². The molecule has 0 saturated carbocycles. The maximum atomic E-state index is 13.6. The summed E-state index contributed by atoms with van der Waals surface area (Å²) >= 11 is 5.93. The molecule has 20 heavy (non-hydrogen) atoms. The van der Waals surface area contributed by atoms with Crippen LogP contribution in [0.3, 0.4) is 0 Å². The first-order chi connectivity index (χ1) is 9.63. The predicted molar refractivity (Wildman–Crippen MR) is 74.4 cm³/mol. The second-order valence-corrected chi connectivity index (χ2v) is 5.08. The van der Waals surface area contributed by atoms with Crippen LogP contribution < -0.4 is 10.1 Å². The smallest absolute Gasteiger partial charge is 0.147 e. The first-order valence-electron chi connectivity index (χ1n) is 6.26. The molecule has 2 aromatic carbocycles. The minimum absolute atomic E-state index is 0.164. The Labute approximate surface area is 120 Å². The maximum absolute atomic E-state index is 13.6. The predicted octanol–water partition coefficient (Wildman–Crippen LogP) is 4.03. The van der Waals surface area contributed by atoms with Gasteiger partial charge in [0.25, 0.3) is 0 Å². The molecule has 0 fully saturated rings. The number of fused-ring (bicyclic) bond motifs is 1. The van der Waals surface area contributed by atoms with Crippen molar-refractivity contribution < 1.29 is 13.5 Å². The van der Waals surface area contributed by atoms with Crippen LogP contribution in [0.4, 0.5) is 14.5 Å². The van der Waals surface area contributed by atoms with E-state index >= 15 is 0 Å².